The van der Waals surface area contributed by atoms with Crippen LogP contribution in [-0.4, -0.2) is 65.5 Å². The number of hydrogen-bond donors (Lipinski definition) is 3. The second-order valence-corrected chi connectivity index (χ2v) is 10.8. The molecule has 11 heteroatoms. The summed E-state index contributed by atoms with van der Waals surface area (Å²) in [6, 6.07) is 9.07. The Morgan fingerprint density at radius 1 is 1.14 bits per heavy atom. The molecule has 0 spiro atoms. The monoisotopic (exact) mass is 507 g/mol. The van der Waals surface area contributed by atoms with Gasteiger partial charge in [0, 0.05) is 13.1 Å². The summed E-state index contributed by atoms with van der Waals surface area (Å²) in [6.07, 6.45) is 1.75. The zero-order valence-electron chi connectivity index (χ0n) is 21.6. The SMILES string of the molecule is CCN(CC)CCCS(=O)(=O)N[C@H](CCc1ccccc1)c1nc(CNC(=O)NC(C)C)n(C)n1. The fourth-order valence-corrected chi connectivity index (χ4v) is 4.99. The molecular weight excluding hydrogens is 466 g/mol. The maximum Gasteiger partial charge on any atom is 0.315 e. The first-order valence-corrected chi connectivity index (χ1v) is 14.0. The molecule has 0 aliphatic carbocycles. The minimum atomic E-state index is -3.53. The van der Waals surface area contributed by atoms with Crippen LogP contribution in [0.4, 0.5) is 4.79 Å². The van der Waals surface area contributed by atoms with E-state index in [4.69, 9.17) is 0 Å². The Hall–Kier alpha value is -2.50. The van der Waals surface area contributed by atoms with Crippen LogP contribution in [0.1, 0.15) is 63.8 Å². The average molecular weight is 508 g/mol. The van der Waals surface area contributed by atoms with E-state index in [0.717, 1.165) is 25.2 Å². The second-order valence-electron chi connectivity index (χ2n) is 8.89. The van der Waals surface area contributed by atoms with Crippen LogP contribution in [0.15, 0.2) is 30.3 Å². The lowest BCUT2D eigenvalue weighted by atomic mass is 10.1. The lowest BCUT2D eigenvalue weighted by molar-refractivity contribution is 0.238. The van der Waals surface area contributed by atoms with Gasteiger partial charge in [0.2, 0.25) is 10.0 Å². The molecule has 10 nitrogen and oxygen atoms in total. The quantitative estimate of drug-likeness (QED) is 0.340. The first-order valence-electron chi connectivity index (χ1n) is 12.3. The molecule has 2 aromatic rings. The van der Waals surface area contributed by atoms with Crippen molar-refractivity contribution in [3.8, 4) is 0 Å². The highest BCUT2D eigenvalue weighted by molar-refractivity contribution is 7.89. The molecule has 0 bridgehead atoms. The summed E-state index contributed by atoms with van der Waals surface area (Å²) in [4.78, 5) is 18.7. The van der Waals surface area contributed by atoms with Crippen LogP contribution in [0.3, 0.4) is 0 Å². The number of carbonyl (C=O) groups excluding carboxylic acids is 1. The fourth-order valence-electron chi connectivity index (χ4n) is 3.70. The molecule has 0 aliphatic rings. The van der Waals surface area contributed by atoms with Crippen molar-refractivity contribution < 1.29 is 13.2 Å². The lowest BCUT2D eigenvalue weighted by Crippen LogP contribution is -2.39. The van der Waals surface area contributed by atoms with E-state index in [1.54, 1.807) is 11.7 Å². The number of carbonyl (C=O) groups is 1. The van der Waals surface area contributed by atoms with Gasteiger partial charge >= 0.3 is 6.03 Å². The highest BCUT2D eigenvalue weighted by atomic mass is 32.2. The molecule has 3 N–H and O–H groups in total. The van der Waals surface area contributed by atoms with Crippen molar-refractivity contribution in [2.24, 2.45) is 7.05 Å². The summed E-state index contributed by atoms with van der Waals surface area (Å²) in [5, 5.41) is 10.0. The van der Waals surface area contributed by atoms with E-state index in [9.17, 15) is 13.2 Å². The van der Waals surface area contributed by atoms with Crippen molar-refractivity contribution in [2.45, 2.75) is 65.6 Å². The van der Waals surface area contributed by atoms with Crippen LogP contribution in [0, 0.1) is 0 Å². The third-order valence-electron chi connectivity index (χ3n) is 5.68. The number of aryl methyl sites for hydroxylation is 2. The van der Waals surface area contributed by atoms with Gasteiger partial charge in [-0.3, -0.25) is 4.68 Å². The summed E-state index contributed by atoms with van der Waals surface area (Å²) >= 11 is 0. The molecule has 0 saturated carbocycles. The number of hydrogen-bond acceptors (Lipinski definition) is 6. The van der Waals surface area contributed by atoms with E-state index in [0.29, 0.717) is 30.9 Å². The number of nitrogens with zero attached hydrogens (tertiary/aromatic N) is 4. The first-order chi connectivity index (χ1) is 16.6. The van der Waals surface area contributed by atoms with Gasteiger partial charge in [0.25, 0.3) is 0 Å². The van der Waals surface area contributed by atoms with Gasteiger partial charge in [-0.15, -0.1) is 0 Å². The number of aromatic nitrogens is 3. The van der Waals surface area contributed by atoms with Crippen molar-refractivity contribution in [3.05, 3.63) is 47.5 Å². The van der Waals surface area contributed by atoms with Crippen LogP contribution < -0.4 is 15.4 Å². The van der Waals surface area contributed by atoms with Crippen LogP contribution in [0.2, 0.25) is 0 Å². The van der Waals surface area contributed by atoms with Crippen molar-refractivity contribution in [2.75, 3.05) is 25.4 Å². The van der Waals surface area contributed by atoms with Crippen molar-refractivity contribution in [1.82, 2.24) is 35.0 Å². The molecule has 35 heavy (non-hydrogen) atoms. The minimum Gasteiger partial charge on any atom is -0.336 e. The Kier molecular flexibility index (Phi) is 11.6. The molecular formula is C24H41N7O3S. The van der Waals surface area contributed by atoms with Crippen LogP contribution in [0.5, 0.6) is 0 Å². The molecule has 0 unspecified atom stereocenters. The predicted molar refractivity (Wildman–Crippen MR) is 138 cm³/mol. The van der Waals surface area contributed by atoms with E-state index >= 15 is 0 Å². The summed E-state index contributed by atoms with van der Waals surface area (Å²) in [5.41, 5.74) is 1.11. The topological polar surface area (TPSA) is 121 Å². The van der Waals surface area contributed by atoms with Crippen molar-refractivity contribution in [3.63, 3.8) is 0 Å². The molecule has 1 aromatic heterocycles. The molecule has 196 valence electrons. The minimum absolute atomic E-state index is 0.0172. The van der Waals surface area contributed by atoms with E-state index in [-0.39, 0.29) is 24.4 Å². The zero-order valence-corrected chi connectivity index (χ0v) is 22.4. The van der Waals surface area contributed by atoms with Gasteiger partial charge in [-0.25, -0.2) is 22.9 Å². The Labute approximate surface area is 209 Å². The standard InChI is InChI=1S/C24H41N7O3S/c1-6-31(7-2)16-11-17-35(33,34)29-21(15-14-20-12-9-8-10-13-20)23-27-22(30(5)28-23)18-25-24(32)26-19(3)4/h8-10,12-13,19,21,29H,6-7,11,14-18H2,1-5H3,(H2,25,26,32)/t21-/m1/s1. The Balaban J connectivity index is 2.12. The third-order valence-corrected chi connectivity index (χ3v) is 7.15. The summed E-state index contributed by atoms with van der Waals surface area (Å²) in [7, 11) is -1.80. The second kappa shape index (κ2) is 14.2. The van der Waals surface area contributed by atoms with E-state index in [1.165, 1.54) is 0 Å². The highest BCUT2D eigenvalue weighted by Gasteiger charge is 2.24. The van der Waals surface area contributed by atoms with Crippen molar-refractivity contribution >= 4 is 16.1 Å². The van der Waals surface area contributed by atoms with Crippen LogP contribution in [0.25, 0.3) is 0 Å². The Morgan fingerprint density at radius 2 is 1.83 bits per heavy atom. The van der Waals surface area contributed by atoms with Gasteiger partial charge in [-0.2, -0.15) is 5.10 Å². The molecule has 1 atom stereocenters. The molecule has 1 heterocycles. The first kappa shape index (κ1) is 28.7. The number of sulfonamides is 1. The van der Waals surface area contributed by atoms with Crippen LogP contribution in [-0.2, 0) is 30.0 Å². The lowest BCUT2D eigenvalue weighted by Gasteiger charge is -2.19. The number of nitrogens with one attached hydrogen (secondary N) is 3. The largest absolute Gasteiger partial charge is 0.336 e. The smallest absolute Gasteiger partial charge is 0.315 e. The van der Waals surface area contributed by atoms with Gasteiger partial charge in [0.15, 0.2) is 5.82 Å². The van der Waals surface area contributed by atoms with Gasteiger partial charge in [0.1, 0.15) is 5.82 Å². The summed E-state index contributed by atoms with van der Waals surface area (Å²) < 4.78 is 30.3. The van der Waals surface area contributed by atoms with Gasteiger partial charge < -0.3 is 15.5 Å². The Bertz CT molecular complexity index is 1010. The maximum absolute atomic E-state index is 12.9. The van der Waals surface area contributed by atoms with Gasteiger partial charge in [-0.05, 0) is 58.3 Å². The average Bonchev–Trinajstić information content (AvgIpc) is 3.18. The third kappa shape index (κ3) is 10.3. The van der Waals surface area contributed by atoms with E-state index in [2.05, 4.69) is 44.2 Å². The number of amides is 2. The molecule has 0 radical (unpaired) electrons. The number of urea groups is 1. The molecule has 0 saturated heterocycles. The maximum atomic E-state index is 12.9. The molecule has 1 aromatic carbocycles. The molecule has 0 fully saturated rings. The van der Waals surface area contributed by atoms with Crippen LogP contribution >= 0.6 is 0 Å². The normalized spacial score (nSPS) is 12.8. The number of benzene rings is 1. The van der Waals surface area contributed by atoms with Crippen molar-refractivity contribution in [1.29, 1.82) is 0 Å². The summed E-state index contributed by atoms with van der Waals surface area (Å²) in [5.74, 6) is 0.989. The summed E-state index contributed by atoms with van der Waals surface area (Å²) in [6.45, 7) is 10.6. The predicted octanol–water partition coefficient (Wildman–Crippen LogP) is 2.35. The Morgan fingerprint density at radius 3 is 2.46 bits per heavy atom. The van der Waals surface area contributed by atoms with E-state index in [1.807, 2.05) is 44.2 Å². The van der Waals surface area contributed by atoms with Gasteiger partial charge in [-0.1, -0.05) is 44.2 Å². The van der Waals surface area contributed by atoms with Gasteiger partial charge in [0.05, 0.1) is 18.3 Å². The van der Waals surface area contributed by atoms with E-state index < -0.39 is 16.1 Å². The molecule has 2 amide bonds. The molecule has 0 aliphatic heterocycles. The number of rotatable bonds is 15. The fraction of sp³-hybridized carbons (Fsp3) is 0.625. The molecule has 2 rings (SSSR count). The highest BCUT2D eigenvalue weighted by Crippen LogP contribution is 2.18. The zero-order chi connectivity index (χ0) is 25.8.